The zero-order valence-corrected chi connectivity index (χ0v) is 33.2. The first-order valence-electron chi connectivity index (χ1n) is 15.8. The van der Waals surface area contributed by atoms with Crippen LogP contribution in [0.25, 0.3) is 33.4 Å². The molecule has 46 heavy (non-hydrogen) atoms. The maximum Gasteiger partial charge on any atom is -0.0126 e. The molecule has 0 amide bonds. The quantitative estimate of drug-likeness (QED) is 0.206. The third-order valence-corrected chi connectivity index (χ3v) is 8.11. The molecule has 0 unspecified atom stereocenters. The van der Waals surface area contributed by atoms with Crippen LogP contribution in [0.2, 0.25) is 0 Å². The minimum absolute atomic E-state index is 0. The number of halogens is 2. The van der Waals surface area contributed by atoms with E-state index in [1.54, 1.807) is 24.2 Å². The molecule has 4 aromatic rings. The Morgan fingerprint density at radius 1 is 0.674 bits per heavy atom. The van der Waals surface area contributed by atoms with Crippen LogP contribution in [0.15, 0.2) is 85.0 Å². The Hall–Kier alpha value is -2.31. The third-order valence-electron chi connectivity index (χ3n) is 8.11. The molecule has 0 fully saturated rings. The van der Waals surface area contributed by atoms with Crippen molar-refractivity contribution in [3.05, 3.63) is 130 Å². The minimum atomic E-state index is 0. The molecule has 0 aliphatic heterocycles. The molecule has 0 radical (unpaired) electrons. The summed E-state index contributed by atoms with van der Waals surface area (Å²) < 4.78 is 1.51. The summed E-state index contributed by atoms with van der Waals surface area (Å²) in [6.45, 7) is 22.6. The zero-order chi connectivity index (χ0) is 32.2. The first kappa shape index (κ1) is 39.9. The van der Waals surface area contributed by atoms with Gasteiger partial charge in [-0.1, -0.05) is 124 Å². The number of benzene rings is 4. The van der Waals surface area contributed by atoms with Gasteiger partial charge in [0.2, 0.25) is 0 Å². The maximum absolute atomic E-state index is 3.93. The first-order valence-corrected chi connectivity index (χ1v) is 17.0. The Kier molecular flexibility index (Phi) is 14.5. The van der Waals surface area contributed by atoms with E-state index in [9.17, 15) is 0 Å². The van der Waals surface area contributed by atoms with Gasteiger partial charge < -0.3 is 24.8 Å². The molecular formula is C43H48Cl2Zr-2. The summed E-state index contributed by atoms with van der Waals surface area (Å²) in [5, 5.41) is 0. The van der Waals surface area contributed by atoms with Crippen LogP contribution in [-0.4, -0.2) is 3.21 Å². The van der Waals surface area contributed by atoms with E-state index in [1.807, 2.05) is 12.2 Å². The van der Waals surface area contributed by atoms with Crippen molar-refractivity contribution in [1.82, 2.24) is 0 Å². The van der Waals surface area contributed by atoms with E-state index in [4.69, 9.17) is 0 Å². The molecular weight excluding hydrogens is 679 g/mol. The Morgan fingerprint density at radius 3 is 1.65 bits per heavy atom. The normalized spacial score (nSPS) is 12.4. The third kappa shape index (κ3) is 9.63. The predicted molar refractivity (Wildman–Crippen MR) is 189 cm³/mol. The summed E-state index contributed by atoms with van der Waals surface area (Å²) in [6, 6.07) is 28.9. The number of hydrogen-bond donors (Lipinski definition) is 0. The van der Waals surface area contributed by atoms with E-state index in [0.29, 0.717) is 0 Å². The van der Waals surface area contributed by atoms with E-state index in [-0.39, 0.29) is 35.6 Å². The fourth-order valence-corrected chi connectivity index (χ4v) is 5.92. The van der Waals surface area contributed by atoms with Gasteiger partial charge in [0.25, 0.3) is 0 Å². The second-order valence-corrected chi connectivity index (χ2v) is 16.8. The van der Waals surface area contributed by atoms with E-state index in [1.165, 1.54) is 70.0 Å². The molecule has 3 heteroatoms. The Balaban J connectivity index is 0.000000586. The monoisotopic (exact) mass is 724 g/mol. The van der Waals surface area contributed by atoms with E-state index in [0.717, 1.165) is 12.8 Å². The largest absolute Gasteiger partial charge is 1.00 e. The molecule has 0 aromatic heterocycles. The van der Waals surface area contributed by atoms with Gasteiger partial charge >= 0.3 is 41.3 Å². The average Bonchev–Trinajstić information content (AvgIpc) is 3.62. The van der Waals surface area contributed by atoms with E-state index >= 15 is 0 Å². The van der Waals surface area contributed by atoms with Crippen LogP contribution in [0, 0.1) is 26.0 Å². The molecule has 4 aromatic carbocycles. The predicted octanol–water partition coefficient (Wildman–Crippen LogP) is 5.66. The van der Waals surface area contributed by atoms with Crippen molar-refractivity contribution in [1.29, 1.82) is 0 Å². The number of rotatable bonds is 2. The van der Waals surface area contributed by atoms with Crippen LogP contribution in [0.1, 0.15) is 95.2 Å². The molecule has 240 valence electrons. The van der Waals surface area contributed by atoms with Crippen LogP contribution in [0.5, 0.6) is 0 Å². The summed E-state index contributed by atoms with van der Waals surface area (Å²) in [6.07, 6.45) is 10.9. The second-order valence-electron chi connectivity index (χ2n) is 14.3. The van der Waals surface area contributed by atoms with Gasteiger partial charge in [-0.3, -0.25) is 6.08 Å². The van der Waals surface area contributed by atoms with Gasteiger partial charge in [0, 0.05) is 0 Å². The Morgan fingerprint density at radius 2 is 1.20 bits per heavy atom. The molecule has 0 N–H and O–H groups in total. The molecule has 0 bridgehead atoms. The van der Waals surface area contributed by atoms with Crippen LogP contribution < -0.4 is 24.8 Å². The number of aryl methyl sites for hydroxylation is 2. The number of hydrogen-bond acceptors (Lipinski definition) is 0. The molecule has 0 saturated carbocycles. The van der Waals surface area contributed by atoms with Crippen molar-refractivity contribution in [3.63, 3.8) is 0 Å². The number of allylic oxidation sites excluding steroid dienone is 4. The summed E-state index contributed by atoms with van der Waals surface area (Å²) in [4.78, 5) is 0. The van der Waals surface area contributed by atoms with Gasteiger partial charge in [0.1, 0.15) is 0 Å². The van der Waals surface area contributed by atoms with E-state index in [2.05, 4.69) is 154 Å². The van der Waals surface area contributed by atoms with Gasteiger partial charge in [-0.15, -0.1) is 35.2 Å². The summed E-state index contributed by atoms with van der Waals surface area (Å²) in [5.74, 6) is 0. The van der Waals surface area contributed by atoms with Gasteiger partial charge in [0.05, 0.1) is 0 Å². The number of fused-ring (bicyclic) bond motifs is 3. The first-order chi connectivity index (χ1) is 20.7. The van der Waals surface area contributed by atoms with Crippen LogP contribution in [-0.2, 0) is 41.5 Å². The second kappa shape index (κ2) is 16.7. The maximum atomic E-state index is 3.93. The molecule has 0 heterocycles. The summed E-state index contributed by atoms with van der Waals surface area (Å²) in [5.41, 5.74) is 16.3. The molecule has 0 saturated heterocycles. The van der Waals surface area contributed by atoms with Crippen molar-refractivity contribution < 1.29 is 49.0 Å². The SMILES string of the molecule is C[C](C)=[Zr+2].Cc1ccccc1-c1[c-]c2c(cc1C(C)(C)C)-c1cc(C(C)(C)C)c(-c3ccccc3C)cc1C2.[C-]1=CC=CC1.[Cl-].[Cl-]. The van der Waals surface area contributed by atoms with Gasteiger partial charge in [-0.2, -0.15) is 6.08 Å². The minimum Gasteiger partial charge on any atom is -1.00 e. The fraction of sp³-hybridized carbons (Fsp3) is 0.326. The van der Waals surface area contributed by atoms with Gasteiger partial charge in [-0.05, 0) is 58.9 Å². The van der Waals surface area contributed by atoms with Crippen LogP contribution in [0.4, 0.5) is 0 Å². The van der Waals surface area contributed by atoms with Crippen molar-refractivity contribution >= 4 is 3.21 Å². The fourth-order valence-electron chi connectivity index (χ4n) is 5.92. The molecule has 2 aliphatic rings. The van der Waals surface area contributed by atoms with Gasteiger partial charge in [-0.25, -0.2) is 12.2 Å². The van der Waals surface area contributed by atoms with Crippen LogP contribution >= 0.6 is 0 Å². The van der Waals surface area contributed by atoms with Crippen LogP contribution in [0.3, 0.4) is 0 Å². The zero-order valence-electron chi connectivity index (χ0n) is 29.3. The Bertz CT molecular complexity index is 1600. The average molecular weight is 727 g/mol. The van der Waals surface area contributed by atoms with Crippen molar-refractivity contribution in [2.24, 2.45) is 0 Å². The van der Waals surface area contributed by atoms with Crippen molar-refractivity contribution in [3.8, 4) is 33.4 Å². The molecule has 0 spiro atoms. The van der Waals surface area contributed by atoms with E-state index < -0.39 is 0 Å². The molecule has 0 nitrogen and oxygen atoms in total. The molecule has 0 atom stereocenters. The summed E-state index contributed by atoms with van der Waals surface area (Å²) in [7, 11) is 0. The molecule has 2 aliphatic carbocycles. The smallest absolute Gasteiger partial charge is 0.0126 e. The topological polar surface area (TPSA) is 0 Å². The van der Waals surface area contributed by atoms with Crippen molar-refractivity contribution in [2.75, 3.05) is 0 Å². The molecule has 6 rings (SSSR count). The Labute approximate surface area is 307 Å². The van der Waals surface area contributed by atoms with Crippen molar-refractivity contribution in [2.45, 2.75) is 92.9 Å². The standard InChI is InChI=1S/C35H37.C5H5.C3H6.2ClH.Zr/c1-22-13-9-11-15-26(22)30-18-24-17-25-19-31(27-16-12-10-14-23(27)2)33(35(6,7)8)21-29(25)28(24)20-32(30)34(3,4)5;1-2-4-5-3-1;1-3-2;;;/h9-16,18,20-21H,17H2,1-8H3;1-3H,4H2;1-2H3;2*1H;/q2*-1;;;;+2/p-2. The van der Waals surface area contributed by atoms with Gasteiger partial charge in [0.15, 0.2) is 0 Å². The summed E-state index contributed by atoms with van der Waals surface area (Å²) >= 11 is 1.55.